The van der Waals surface area contributed by atoms with Crippen molar-refractivity contribution in [1.29, 1.82) is 5.26 Å². The Morgan fingerprint density at radius 2 is 1.70 bits per heavy atom. The van der Waals surface area contributed by atoms with Crippen LogP contribution in [0.3, 0.4) is 0 Å². The van der Waals surface area contributed by atoms with Gasteiger partial charge in [0.05, 0.1) is 25.7 Å². The number of nitrogens with zero attached hydrogens (tertiary/aromatic N) is 1. The van der Waals surface area contributed by atoms with Crippen molar-refractivity contribution in [2.45, 2.75) is 45.1 Å². The van der Waals surface area contributed by atoms with E-state index in [0.717, 1.165) is 5.56 Å². The first kappa shape index (κ1) is 25.0. The lowest BCUT2D eigenvalue weighted by atomic mass is 9.70. The van der Waals surface area contributed by atoms with E-state index in [4.69, 9.17) is 20.3 Å². The maximum absolute atomic E-state index is 10.9. The lowest BCUT2D eigenvalue weighted by molar-refractivity contribution is -0.137. The summed E-state index contributed by atoms with van der Waals surface area (Å²) in [7, 11) is 3.07. The second-order valence-electron chi connectivity index (χ2n) is 7.40. The number of methoxy groups -OCH3 is 2. The second-order valence-corrected chi connectivity index (χ2v) is 7.40. The molecule has 6 heteroatoms. The van der Waals surface area contributed by atoms with Crippen molar-refractivity contribution in [3.63, 3.8) is 0 Å². The monoisotopic (exact) mass is 412 g/mol. The zero-order valence-corrected chi connectivity index (χ0v) is 18.4. The van der Waals surface area contributed by atoms with Gasteiger partial charge in [0.1, 0.15) is 0 Å². The van der Waals surface area contributed by atoms with Crippen LogP contribution in [0.4, 0.5) is 0 Å². The average Bonchev–Trinajstić information content (AvgIpc) is 2.75. The molecule has 0 saturated carbocycles. The molecular weight excluding hydrogens is 380 g/mol. The van der Waals surface area contributed by atoms with Crippen LogP contribution < -0.4 is 15.2 Å². The average molecular weight is 413 g/mol. The van der Waals surface area contributed by atoms with Crippen LogP contribution in [0, 0.1) is 17.2 Å². The molecule has 6 nitrogen and oxygen atoms in total. The number of carboxylic acids is 1. The Labute approximate surface area is 179 Å². The van der Waals surface area contributed by atoms with Gasteiger partial charge in [0, 0.05) is 12.5 Å². The van der Waals surface area contributed by atoms with E-state index in [-0.39, 0.29) is 24.8 Å². The van der Waals surface area contributed by atoms with Crippen molar-refractivity contribution in [3.8, 4) is 17.6 Å². The minimum atomic E-state index is -0.907. The molecule has 2 aromatic rings. The van der Waals surface area contributed by atoms with Gasteiger partial charge < -0.3 is 20.3 Å². The van der Waals surface area contributed by atoms with Crippen LogP contribution >= 0.6 is 0 Å². The Balaban J connectivity index is 0.000000414. The van der Waals surface area contributed by atoms with Gasteiger partial charge in [-0.05, 0) is 42.5 Å². The summed E-state index contributed by atoms with van der Waals surface area (Å²) in [5.74, 6) is 0.177. The highest BCUT2D eigenvalue weighted by Gasteiger charge is 2.37. The zero-order valence-electron chi connectivity index (χ0n) is 18.4. The number of rotatable bonds is 8. The molecule has 162 valence electrons. The lowest BCUT2D eigenvalue weighted by Gasteiger charge is -2.31. The van der Waals surface area contributed by atoms with E-state index in [1.54, 1.807) is 25.3 Å². The van der Waals surface area contributed by atoms with Gasteiger partial charge in [-0.15, -0.1) is 0 Å². The van der Waals surface area contributed by atoms with Crippen molar-refractivity contribution in [2.75, 3.05) is 14.2 Å². The molecule has 0 fully saturated rings. The third-order valence-electron chi connectivity index (χ3n) is 5.14. The number of hydrogen-bond acceptors (Lipinski definition) is 5. The Bertz CT molecular complexity index is 844. The number of carboxylic acid groups (broad SMARTS) is 1. The molecule has 0 amide bonds. The summed E-state index contributed by atoms with van der Waals surface area (Å²) in [6.07, 6.45) is 0.200. The predicted octanol–water partition coefficient (Wildman–Crippen LogP) is 4.69. The molecule has 0 aliphatic rings. The molecular formula is C24H32N2O4. The van der Waals surface area contributed by atoms with E-state index < -0.39 is 11.4 Å². The van der Waals surface area contributed by atoms with Crippen LogP contribution in [0.25, 0.3) is 0 Å². The summed E-state index contributed by atoms with van der Waals surface area (Å²) in [6.45, 7) is 5.82. The van der Waals surface area contributed by atoms with Crippen LogP contribution in [0.15, 0.2) is 48.5 Å². The van der Waals surface area contributed by atoms with E-state index in [9.17, 15) is 10.1 Å². The summed E-state index contributed by atoms with van der Waals surface area (Å²) in [5.41, 5.74) is 6.69. The van der Waals surface area contributed by atoms with Crippen molar-refractivity contribution in [1.82, 2.24) is 0 Å². The van der Waals surface area contributed by atoms with E-state index in [1.807, 2.05) is 51.1 Å². The quantitative estimate of drug-likeness (QED) is 0.651. The molecule has 2 aromatic carbocycles. The van der Waals surface area contributed by atoms with Crippen LogP contribution in [0.5, 0.6) is 11.5 Å². The first-order valence-corrected chi connectivity index (χ1v) is 9.87. The fourth-order valence-corrected chi connectivity index (χ4v) is 3.19. The van der Waals surface area contributed by atoms with Crippen molar-refractivity contribution < 1.29 is 19.4 Å². The smallest absolute Gasteiger partial charge is 0.303 e. The van der Waals surface area contributed by atoms with E-state index in [2.05, 4.69) is 6.07 Å². The Morgan fingerprint density at radius 3 is 2.10 bits per heavy atom. The fraction of sp³-hybridized carbons (Fsp3) is 0.417. The third kappa shape index (κ3) is 6.50. The van der Waals surface area contributed by atoms with Gasteiger partial charge in [-0.3, -0.25) is 4.79 Å². The minimum absolute atomic E-state index is 0.0278. The number of hydrogen-bond donors (Lipinski definition) is 2. The fourth-order valence-electron chi connectivity index (χ4n) is 3.19. The molecule has 2 atom stereocenters. The van der Waals surface area contributed by atoms with Gasteiger partial charge in [-0.1, -0.05) is 50.2 Å². The maximum atomic E-state index is 10.9. The number of carbonyl (C=O) groups is 1. The number of nitriles is 1. The van der Waals surface area contributed by atoms with Crippen LogP contribution in [0.1, 0.15) is 50.8 Å². The molecule has 30 heavy (non-hydrogen) atoms. The van der Waals surface area contributed by atoms with Crippen molar-refractivity contribution in [3.05, 3.63) is 59.7 Å². The molecule has 0 aliphatic carbocycles. The number of nitrogens with two attached hydrogens (primary N) is 1. The lowest BCUT2D eigenvalue weighted by Crippen LogP contribution is -2.31. The highest BCUT2D eigenvalue weighted by Crippen LogP contribution is 2.40. The third-order valence-corrected chi connectivity index (χ3v) is 5.14. The van der Waals surface area contributed by atoms with E-state index in [0.29, 0.717) is 11.5 Å². The Hall–Kier alpha value is -3.04. The highest BCUT2D eigenvalue weighted by molar-refractivity contribution is 5.67. The van der Waals surface area contributed by atoms with Gasteiger partial charge in [0.25, 0.3) is 0 Å². The molecule has 0 spiro atoms. The maximum Gasteiger partial charge on any atom is 0.303 e. The molecule has 3 N–H and O–H groups in total. The number of aliphatic carboxylic acids is 1. The first-order valence-electron chi connectivity index (χ1n) is 9.87. The summed E-state index contributed by atoms with van der Waals surface area (Å²) in [4.78, 5) is 10.9. The molecule has 0 aromatic heterocycles. The molecule has 0 bridgehead atoms. The molecule has 0 aliphatic heterocycles. The molecule has 0 saturated heterocycles. The van der Waals surface area contributed by atoms with Crippen LogP contribution in [-0.4, -0.2) is 25.3 Å². The normalized spacial score (nSPS) is 13.3. The van der Waals surface area contributed by atoms with Gasteiger partial charge >= 0.3 is 5.97 Å². The molecule has 2 rings (SSSR count). The van der Waals surface area contributed by atoms with Gasteiger partial charge in [-0.2, -0.15) is 5.26 Å². The Morgan fingerprint density at radius 1 is 1.10 bits per heavy atom. The number of ether oxygens (including phenoxy) is 2. The predicted molar refractivity (Wildman–Crippen MR) is 118 cm³/mol. The second kappa shape index (κ2) is 11.8. The van der Waals surface area contributed by atoms with E-state index in [1.165, 1.54) is 12.7 Å². The molecule has 0 radical (unpaired) electrons. The summed E-state index contributed by atoms with van der Waals surface area (Å²) >= 11 is 0. The van der Waals surface area contributed by atoms with Gasteiger partial charge in [-0.25, -0.2) is 0 Å². The van der Waals surface area contributed by atoms with E-state index >= 15 is 0 Å². The summed E-state index contributed by atoms with van der Waals surface area (Å²) in [5, 5.41) is 18.6. The standard InChI is InChI=1S/C16H21NO4.C8H11N/c1-11(2)16(10-17,8-7-15(18)19)12-5-6-13(20-3)14(9-12)21-4;1-7(9)8-5-3-2-4-6-8/h5-6,9,11H,7-8H2,1-4H3,(H,18,19);2-7H,9H2,1H3. The van der Waals surface area contributed by atoms with Gasteiger partial charge in [0.2, 0.25) is 0 Å². The van der Waals surface area contributed by atoms with Gasteiger partial charge in [0.15, 0.2) is 11.5 Å². The molecule has 0 heterocycles. The topological polar surface area (TPSA) is 106 Å². The first-order chi connectivity index (χ1) is 14.2. The van der Waals surface area contributed by atoms with Crippen molar-refractivity contribution >= 4 is 5.97 Å². The zero-order chi connectivity index (χ0) is 22.7. The minimum Gasteiger partial charge on any atom is -0.493 e. The van der Waals surface area contributed by atoms with Crippen molar-refractivity contribution in [2.24, 2.45) is 11.7 Å². The van der Waals surface area contributed by atoms with Crippen LogP contribution in [0.2, 0.25) is 0 Å². The summed E-state index contributed by atoms with van der Waals surface area (Å²) < 4.78 is 10.5. The number of benzene rings is 2. The Kier molecular flexibility index (Phi) is 9.87. The van der Waals surface area contributed by atoms with Crippen LogP contribution in [-0.2, 0) is 10.2 Å². The SMILES string of the molecule is CC(N)c1ccccc1.COc1ccc(C(C#N)(CCC(=O)O)C(C)C)cc1OC. The largest absolute Gasteiger partial charge is 0.493 e. The summed E-state index contributed by atoms with van der Waals surface area (Å²) in [6, 6.07) is 17.8. The highest BCUT2D eigenvalue weighted by atomic mass is 16.5. The molecule has 2 unspecified atom stereocenters.